The number of nitrogens with zero attached hydrogens (tertiary/aromatic N) is 1. The van der Waals surface area contributed by atoms with E-state index in [0.717, 1.165) is 47.6 Å². The average molecular weight is 421 g/mol. The normalized spacial score (nSPS) is 13.5. The van der Waals surface area contributed by atoms with E-state index in [4.69, 9.17) is 4.74 Å². The molecule has 3 aromatic rings. The molecule has 0 spiro atoms. The van der Waals surface area contributed by atoms with Crippen LogP contribution in [0.25, 0.3) is 11.1 Å². The van der Waals surface area contributed by atoms with E-state index in [1.54, 1.807) is 6.07 Å². The number of carboxylic acid groups (broad SMARTS) is 1. The number of halogens is 2. The highest BCUT2D eigenvalue weighted by molar-refractivity contribution is 5.94. The van der Waals surface area contributed by atoms with Crippen LogP contribution in [-0.2, 0) is 6.61 Å². The van der Waals surface area contributed by atoms with Crippen LogP contribution >= 0.6 is 0 Å². The van der Waals surface area contributed by atoms with Crippen LogP contribution < -0.4 is 4.74 Å². The Bertz CT molecular complexity index is 1190. The first-order chi connectivity index (χ1) is 14.9. The van der Waals surface area contributed by atoms with Crippen LogP contribution in [0.4, 0.5) is 8.78 Å². The van der Waals surface area contributed by atoms with Crippen molar-refractivity contribution in [1.29, 1.82) is 0 Å². The molecule has 0 bridgehead atoms. The van der Waals surface area contributed by atoms with E-state index in [0.29, 0.717) is 11.4 Å². The van der Waals surface area contributed by atoms with Crippen molar-refractivity contribution in [3.05, 3.63) is 94.3 Å². The fraction of sp³-hybridized carbons (Fsp3) is 0.200. The first kappa shape index (κ1) is 20.7. The third-order valence-corrected chi connectivity index (χ3v) is 5.35. The zero-order chi connectivity index (χ0) is 22.0. The van der Waals surface area contributed by atoms with Gasteiger partial charge in [-0.3, -0.25) is 0 Å². The fourth-order valence-corrected chi connectivity index (χ4v) is 3.85. The molecule has 158 valence electrons. The van der Waals surface area contributed by atoms with E-state index < -0.39 is 17.6 Å². The van der Waals surface area contributed by atoms with Crippen molar-refractivity contribution in [2.45, 2.75) is 32.8 Å². The summed E-state index contributed by atoms with van der Waals surface area (Å²) in [5.74, 6) is -1.75. The lowest BCUT2D eigenvalue weighted by atomic mass is 9.97. The quantitative estimate of drug-likeness (QED) is 0.527. The Morgan fingerprint density at radius 2 is 1.87 bits per heavy atom. The van der Waals surface area contributed by atoms with E-state index >= 15 is 0 Å². The van der Waals surface area contributed by atoms with Gasteiger partial charge in [0.25, 0.3) is 0 Å². The zero-order valence-corrected chi connectivity index (χ0v) is 17.0. The standard InChI is InChI=1S/C25H21F2NO3/c1-15-8-11-24(31-14-16-9-10-17(26)13-21(16)27)20(12-15)18-4-2-5-19(18)22-6-3-7-23(28-22)25(29)30/h3,6-13H,2,4-5,14H2,1H3,(H,29,30). The van der Waals surface area contributed by atoms with Gasteiger partial charge in [-0.05, 0) is 73.7 Å². The predicted octanol–water partition coefficient (Wildman–Crippen LogP) is 6.04. The summed E-state index contributed by atoms with van der Waals surface area (Å²) in [6, 6.07) is 14.2. The van der Waals surface area contributed by atoms with Gasteiger partial charge in [-0.25, -0.2) is 18.6 Å². The highest BCUT2D eigenvalue weighted by atomic mass is 19.1. The first-order valence-corrected chi connectivity index (χ1v) is 10.0. The second kappa shape index (κ2) is 8.68. The van der Waals surface area contributed by atoms with Crippen LogP contribution in [0.1, 0.15) is 52.1 Å². The van der Waals surface area contributed by atoms with Crippen LogP contribution in [0.5, 0.6) is 5.75 Å². The number of pyridine rings is 1. The Morgan fingerprint density at radius 3 is 2.65 bits per heavy atom. The summed E-state index contributed by atoms with van der Waals surface area (Å²) >= 11 is 0. The molecule has 0 radical (unpaired) electrons. The molecular formula is C25H21F2NO3. The van der Waals surface area contributed by atoms with Gasteiger partial charge in [0.2, 0.25) is 0 Å². The number of hydrogen-bond acceptors (Lipinski definition) is 3. The molecule has 0 atom stereocenters. The lowest BCUT2D eigenvalue weighted by Gasteiger charge is -2.16. The number of carboxylic acids is 1. The van der Waals surface area contributed by atoms with Crippen LogP contribution in [0.15, 0.2) is 54.6 Å². The molecule has 1 heterocycles. The van der Waals surface area contributed by atoms with Crippen molar-refractivity contribution in [1.82, 2.24) is 4.98 Å². The summed E-state index contributed by atoms with van der Waals surface area (Å²) in [5.41, 5.74) is 4.89. The van der Waals surface area contributed by atoms with E-state index in [1.165, 1.54) is 18.2 Å². The minimum atomic E-state index is -1.07. The lowest BCUT2D eigenvalue weighted by molar-refractivity contribution is 0.0690. The van der Waals surface area contributed by atoms with Crippen LogP contribution in [-0.4, -0.2) is 16.1 Å². The molecule has 0 aliphatic heterocycles. The molecule has 4 nitrogen and oxygen atoms in total. The molecule has 4 rings (SSSR count). The van der Waals surface area contributed by atoms with Crippen LogP contribution in [0, 0.1) is 18.6 Å². The second-order valence-electron chi connectivity index (χ2n) is 7.55. The number of allylic oxidation sites excluding steroid dienone is 2. The van der Waals surface area contributed by atoms with Crippen LogP contribution in [0.3, 0.4) is 0 Å². The van der Waals surface area contributed by atoms with Gasteiger partial charge in [0.15, 0.2) is 0 Å². The van der Waals surface area contributed by atoms with E-state index in [-0.39, 0.29) is 17.9 Å². The van der Waals surface area contributed by atoms with E-state index in [1.807, 2.05) is 31.2 Å². The van der Waals surface area contributed by atoms with Gasteiger partial charge in [-0.1, -0.05) is 17.7 Å². The molecule has 0 fully saturated rings. The molecule has 0 unspecified atom stereocenters. The third kappa shape index (κ3) is 4.48. The number of hydrogen-bond donors (Lipinski definition) is 1. The molecule has 1 N–H and O–H groups in total. The molecular weight excluding hydrogens is 400 g/mol. The number of aromatic carboxylic acids is 1. The largest absolute Gasteiger partial charge is 0.488 e. The first-order valence-electron chi connectivity index (χ1n) is 10.0. The maximum atomic E-state index is 14.0. The van der Waals surface area contributed by atoms with Crippen molar-refractivity contribution < 1.29 is 23.4 Å². The molecule has 0 amide bonds. The summed E-state index contributed by atoms with van der Waals surface area (Å²) in [6.45, 7) is 1.95. The molecule has 1 aliphatic carbocycles. The summed E-state index contributed by atoms with van der Waals surface area (Å²) in [7, 11) is 0. The minimum Gasteiger partial charge on any atom is -0.488 e. The SMILES string of the molecule is Cc1ccc(OCc2ccc(F)cc2F)c(C2=C(c3cccc(C(=O)O)n3)CCC2)c1. The summed E-state index contributed by atoms with van der Waals surface area (Å²) in [4.78, 5) is 15.6. The summed E-state index contributed by atoms with van der Waals surface area (Å²) in [5, 5.41) is 9.28. The monoisotopic (exact) mass is 421 g/mol. The van der Waals surface area contributed by atoms with Gasteiger partial charge in [-0.15, -0.1) is 0 Å². The smallest absolute Gasteiger partial charge is 0.354 e. The maximum Gasteiger partial charge on any atom is 0.354 e. The molecule has 6 heteroatoms. The van der Waals surface area contributed by atoms with E-state index in [9.17, 15) is 18.7 Å². The van der Waals surface area contributed by atoms with Gasteiger partial charge < -0.3 is 9.84 Å². The topological polar surface area (TPSA) is 59.4 Å². The molecule has 31 heavy (non-hydrogen) atoms. The van der Waals surface area contributed by atoms with Crippen LogP contribution in [0.2, 0.25) is 0 Å². The highest BCUT2D eigenvalue weighted by Gasteiger charge is 2.22. The van der Waals surface area contributed by atoms with Gasteiger partial charge in [0.05, 0.1) is 5.69 Å². The van der Waals surface area contributed by atoms with E-state index in [2.05, 4.69) is 4.98 Å². The van der Waals surface area contributed by atoms with Gasteiger partial charge >= 0.3 is 5.97 Å². The Balaban J connectivity index is 1.71. The Hall–Kier alpha value is -3.54. The summed E-state index contributed by atoms with van der Waals surface area (Å²) in [6.07, 6.45) is 2.51. The van der Waals surface area contributed by atoms with Gasteiger partial charge in [0, 0.05) is 17.2 Å². The molecule has 0 saturated carbocycles. The molecule has 1 aliphatic rings. The summed E-state index contributed by atoms with van der Waals surface area (Å²) < 4.78 is 33.1. The number of benzene rings is 2. The second-order valence-corrected chi connectivity index (χ2v) is 7.55. The van der Waals surface area contributed by atoms with Crippen molar-refractivity contribution in [3.8, 4) is 5.75 Å². The van der Waals surface area contributed by atoms with Crippen molar-refractivity contribution in [2.75, 3.05) is 0 Å². The van der Waals surface area contributed by atoms with Gasteiger partial charge in [-0.2, -0.15) is 0 Å². The van der Waals surface area contributed by atoms with Crippen molar-refractivity contribution >= 4 is 17.1 Å². The minimum absolute atomic E-state index is 0.00347. The maximum absolute atomic E-state index is 14.0. The number of aryl methyl sites for hydroxylation is 1. The average Bonchev–Trinajstić information content (AvgIpc) is 3.23. The Kier molecular flexibility index (Phi) is 5.80. The number of rotatable bonds is 6. The van der Waals surface area contributed by atoms with Crippen molar-refractivity contribution in [3.63, 3.8) is 0 Å². The Morgan fingerprint density at radius 1 is 1.06 bits per heavy atom. The highest BCUT2D eigenvalue weighted by Crippen LogP contribution is 2.42. The number of ether oxygens (including phenoxy) is 1. The Labute approximate surface area is 178 Å². The predicted molar refractivity (Wildman–Crippen MR) is 114 cm³/mol. The molecule has 0 saturated heterocycles. The number of aromatic nitrogens is 1. The molecule has 2 aromatic carbocycles. The van der Waals surface area contributed by atoms with Crippen molar-refractivity contribution in [2.24, 2.45) is 0 Å². The number of carbonyl (C=O) groups is 1. The molecule has 1 aromatic heterocycles. The fourth-order valence-electron chi connectivity index (χ4n) is 3.85. The van der Waals surface area contributed by atoms with Gasteiger partial charge in [0.1, 0.15) is 29.7 Å². The third-order valence-electron chi connectivity index (χ3n) is 5.35. The lowest BCUT2D eigenvalue weighted by Crippen LogP contribution is -2.03. The zero-order valence-electron chi connectivity index (χ0n) is 17.0.